The predicted octanol–water partition coefficient (Wildman–Crippen LogP) is 1.04. The highest BCUT2D eigenvalue weighted by molar-refractivity contribution is 7.90. The third-order valence-corrected chi connectivity index (χ3v) is 4.75. The van der Waals surface area contributed by atoms with Crippen molar-refractivity contribution >= 4 is 9.84 Å². The third-order valence-electron chi connectivity index (χ3n) is 3.64. The van der Waals surface area contributed by atoms with Crippen LogP contribution in [0.3, 0.4) is 0 Å². The third kappa shape index (κ3) is 2.74. The minimum atomic E-state index is -3.13. The van der Waals surface area contributed by atoms with Gasteiger partial charge in [0.1, 0.15) is 0 Å². The maximum absolute atomic E-state index is 11.6. The molecule has 0 radical (unpaired) electrons. The molecule has 1 aromatic carbocycles. The van der Waals surface area contributed by atoms with Gasteiger partial charge in [-0.1, -0.05) is 12.1 Å². The van der Waals surface area contributed by atoms with E-state index in [9.17, 15) is 8.42 Å². The molecule has 1 heterocycles. The Hall–Kier alpha value is -0.910. The summed E-state index contributed by atoms with van der Waals surface area (Å²) >= 11 is 0. The molecular weight excluding hydrogens is 248 g/mol. The number of hydrogen-bond acceptors (Lipinski definition) is 4. The van der Waals surface area contributed by atoms with Crippen molar-refractivity contribution in [2.75, 3.05) is 26.4 Å². The summed E-state index contributed by atoms with van der Waals surface area (Å²) < 4.78 is 23.1. The van der Waals surface area contributed by atoms with Crippen LogP contribution in [0.2, 0.25) is 0 Å². The highest BCUT2D eigenvalue weighted by atomic mass is 32.2. The van der Waals surface area contributed by atoms with Crippen LogP contribution in [0, 0.1) is 5.92 Å². The van der Waals surface area contributed by atoms with E-state index in [1.54, 1.807) is 12.1 Å². The molecule has 2 unspecified atom stereocenters. The summed E-state index contributed by atoms with van der Waals surface area (Å²) in [5.41, 5.74) is 6.78. The smallest absolute Gasteiger partial charge is 0.175 e. The van der Waals surface area contributed by atoms with E-state index < -0.39 is 9.84 Å². The van der Waals surface area contributed by atoms with Crippen molar-refractivity contribution < 1.29 is 8.42 Å². The molecule has 0 spiro atoms. The molecule has 2 N–H and O–H groups in total. The van der Waals surface area contributed by atoms with Crippen LogP contribution in [0.15, 0.2) is 29.2 Å². The molecule has 1 fully saturated rings. The van der Waals surface area contributed by atoms with E-state index in [1.807, 2.05) is 12.1 Å². The predicted molar refractivity (Wildman–Crippen MR) is 72.1 cm³/mol. The Morgan fingerprint density at radius 1 is 1.44 bits per heavy atom. The number of likely N-dealkylation sites (tertiary alicyclic amines) is 1. The number of nitrogens with zero attached hydrogens (tertiary/aromatic N) is 1. The summed E-state index contributed by atoms with van der Waals surface area (Å²) in [5, 5.41) is 0. The van der Waals surface area contributed by atoms with E-state index in [2.05, 4.69) is 11.9 Å². The summed E-state index contributed by atoms with van der Waals surface area (Å²) in [5.74, 6) is 0.502. The van der Waals surface area contributed by atoms with Crippen molar-refractivity contribution in [2.45, 2.75) is 17.4 Å². The molecule has 1 aliphatic heterocycles. The average Bonchev–Trinajstić information content (AvgIpc) is 2.70. The van der Waals surface area contributed by atoms with Gasteiger partial charge in [-0.15, -0.1) is 0 Å². The van der Waals surface area contributed by atoms with E-state index in [0.29, 0.717) is 17.4 Å². The fraction of sp³-hybridized carbons (Fsp3) is 0.538. The molecule has 0 aromatic heterocycles. The van der Waals surface area contributed by atoms with Crippen LogP contribution in [-0.4, -0.2) is 39.7 Å². The molecule has 0 amide bonds. The zero-order valence-corrected chi connectivity index (χ0v) is 11.7. The van der Waals surface area contributed by atoms with Crippen LogP contribution in [0.5, 0.6) is 0 Å². The molecule has 0 bridgehead atoms. The molecule has 4 nitrogen and oxygen atoms in total. The molecule has 2 rings (SSSR count). The number of benzene rings is 1. The van der Waals surface area contributed by atoms with Crippen molar-refractivity contribution in [3.63, 3.8) is 0 Å². The Balaban J connectivity index is 2.30. The van der Waals surface area contributed by atoms with Gasteiger partial charge in [-0.3, -0.25) is 4.90 Å². The molecule has 100 valence electrons. The summed E-state index contributed by atoms with van der Waals surface area (Å²) in [4.78, 5) is 2.64. The topological polar surface area (TPSA) is 63.4 Å². The van der Waals surface area contributed by atoms with Crippen molar-refractivity contribution in [1.82, 2.24) is 4.90 Å². The van der Waals surface area contributed by atoms with Gasteiger partial charge in [0, 0.05) is 18.8 Å². The lowest BCUT2D eigenvalue weighted by Gasteiger charge is -2.20. The highest BCUT2D eigenvalue weighted by Crippen LogP contribution is 2.34. The van der Waals surface area contributed by atoms with E-state index in [4.69, 9.17) is 5.73 Å². The standard InChI is InChI=1S/C13H20N2O2S/c1-15-9-10(8-14)6-13(15)11-4-3-5-12(7-11)18(2,16)17/h3-5,7,10,13H,6,8-9,14H2,1-2H3. The Bertz CT molecular complexity index is 528. The first-order chi connectivity index (χ1) is 8.41. The lowest BCUT2D eigenvalue weighted by Crippen LogP contribution is -2.20. The molecule has 1 aliphatic rings. The zero-order valence-electron chi connectivity index (χ0n) is 10.8. The van der Waals surface area contributed by atoms with Gasteiger partial charge in [-0.25, -0.2) is 8.42 Å². The number of sulfone groups is 1. The largest absolute Gasteiger partial charge is 0.330 e. The summed E-state index contributed by atoms with van der Waals surface area (Å²) in [6.45, 7) is 1.66. The van der Waals surface area contributed by atoms with Gasteiger partial charge in [0.25, 0.3) is 0 Å². The molecule has 0 saturated carbocycles. The molecule has 18 heavy (non-hydrogen) atoms. The van der Waals surface area contributed by atoms with Gasteiger partial charge in [-0.05, 0) is 43.6 Å². The molecule has 5 heteroatoms. The number of hydrogen-bond donors (Lipinski definition) is 1. The van der Waals surface area contributed by atoms with Crippen molar-refractivity contribution in [2.24, 2.45) is 11.7 Å². The lowest BCUT2D eigenvalue weighted by molar-refractivity contribution is 0.313. The van der Waals surface area contributed by atoms with Gasteiger partial charge >= 0.3 is 0 Å². The fourth-order valence-corrected chi connectivity index (χ4v) is 3.29. The SMILES string of the molecule is CN1CC(CN)CC1c1cccc(S(C)(=O)=O)c1. The highest BCUT2D eigenvalue weighted by Gasteiger charge is 2.29. The van der Waals surface area contributed by atoms with E-state index in [-0.39, 0.29) is 6.04 Å². The quantitative estimate of drug-likeness (QED) is 0.889. The molecule has 1 aromatic rings. The van der Waals surface area contributed by atoms with E-state index in [1.165, 1.54) is 6.26 Å². The molecular formula is C13H20N2O2S. The molecule has 1 saturated heterocycles. The Kier molecular flexibility index (Phi) is 3.75. The zero-order chi connectivity index (χ0) is 13.3. The summed E-state index contributed by atoms with van der Waals surface area (Å²) in [6, 6.07) is 7.52. The second kappa shape index (κ2) is 4.99. The number of rotatable bonds is 3. The van der Waals surface area contributed by atoms with E-state index >= 15 is 0 Å². The van der Waals surface area contributed by atoms with Crippen LogP contribution in [0.25, 0.3) is 0 Å². The van der Waals surface area contributed by atoms with Crippen LogP contribution in [0.1, 0.15) is 18.0 Å². The maximum atomic E-state index is 11.6. The van der Waals surface area contributed by atoms with Gasteiger partial charge < -0.3 is 5.73 Å². The van der Waals surface area contributed by atoms with Gasteiger partial charge in [0.05, 0.1) is 4.90 Å². The first-order valence-electron chi connectivity index (χ1n) is 6.12. The van der Waals surface area contributed by atoms with Crippen molar-refractivity contribution in [3.05, 3.63) is 29.8 Å². The first-order valence-corrected chi connectivity index (χ1v) is 8.01. The Labute approximate surface area is 109 Å². The monoisotopic (exact) mass is 268 g/mol. The first kappa shape index (κ1) is 13.5. The van der Waals surface area contributed by atoms with Crippen LogP contribution < -0.4 is 5.73 Å². The second-order valence-electron chi connectivity index (χ2n) is 5.14. The van der Waals surface area contributed by atoms with Crippen molar-refractivity contribution in [3.8, 4) is 0 Å². The van der Waals surface area contributed by atoms with Gasteiger partial charge in [-0.2, -0.15) is 0 Å². The molecule has 2 atom stereocenters. The Morgan fingerprint density at radius 3 is 2.72 bits per heavy atom. The van der Waals surface area contributed by atoms with E-state index in [0.717, 1.165) is 18.5 Å². The van der Waals surface area contributed by atoms with Gasteiger partial charge in [0.15, 0.2) is 9.84 Å². The van der Waals surface area contributed by atoms with Crippen LogP contribution >= 0.6 is 0 Å². The minimum absolute atomic E-state index is 0.278. The average molecular weight is 268 g/mol. The molecule has 0 aliphatic carbocycles. The summed E-state index contributed by atoms with van der Waals surface area (Å²) in [7, 11) is -1.07. The lowest BCUT2D eigenvalue weighted by atomic mass is 10.00. The second-order valence-corrected chi connectivity index (χ2v) is 7.15. The van der Waals surface area contributed by atoms with Crippen LogP contribution in [-0.2, 0) is 9.84 Å². The normalized spacial score (nSPS) is 25.5. The number of nitrogens with two attached hydrogens (primary N) is 1. The Morgan fingerprint density at radius 2 is 2.17 bits per heavy atom. The van der Waals surface area contributed by atoms with Gasteiger partial charge in [0.2, 0.25) is 0 Å². The maximum Gasteiger partial charge on any atom is 0.175 e. The summed E-state index contributed by atoms with van der Waals surface area (Å²) in [6.07, 6.45) is 2.24. The van der Waals surface area contributed by atoms with Crippen molar-refractivity contribution in [1.29, 1.82) is 0 Å². The van der Waals surface area contributed by atoms with Crippen LogP contribution in [0.4, 0.5) is 0 Å². The minimum Gasteiger partial charge on any atom is -0.330 e. The fourth-order valence-electron chi connectivity index (χ4n) is 2.62.